The van der Waals surface area contributed by atoms with Crippen LogP contribution in [0.25, 0.3) is 0 Å². The van der Waals surface area contributed by atoms with Crippen LogP contribution in [0, 0.1) is 10.8 Å². The van der Waals surface area contributed by atoms with Crippen LogP contribution in [-0.4, -0.2) is 50.3 Å². The van der Waals surface area contributed by atoms with Crippen LogP contribution in [0.4, 0.5) is 0 Å². The summed E-state index contributed by atoms with van der Waals surface area (Å²) < 4.78 is 30.2. The number of carboxylic acids is 1. The summed E-state index contributed by atoms with van der Waals surface area (Å²) in [5, 5.41) is 9.76. The minimum absolute atomic E-state index is 0.264. The molecule has 6 nitrogen and oxygen atoms in total. The van der Waals surface area contributed by atoms with Crippen molar-refractivity contribution in [1.29, 1.82) is 0 Å². The summed E-state index contributed by atoms with van der Waals surface area (Å²) in [6.07, 6.45) is 10.8. The van der Waals surface area contributed by atoms with E-state index >= 15 is 0 Å². The maximum Gasteiger partial charge on any atom is 0.313 e. The maximum absolute atomic E-state index is 11.9. The van der Waals surface area contributed by atoms with Crippen LogP contribution in [0.15, 0.2) is 65.3 Å². The van der Waals surface area contributed by atoms with Crippen LogP contribution in [-0.2, 0) is 14.8 Å². The van der Waals surface area contributed by atoms with Gasteiger partial charge in [0.05, 0.1) is 18.8 Å². The summed E-state index contributed by atoms with van der Waals surface area (Å²) in [4.78, 5) is 11.9. The number of rotatable bonds is 6. The third-order valence-corrected chi connectivity index (χ3v) is 7.93. The van der Waals surface area contributed by atoms with E-state index in [4.69, 9.17) is 4.74 Å². The number of hydrogen-bond donors (Lipinski definition) is 1. The van der Waals surface area contributed by atoms with Crippen molar-refractivity contribution in [1.82, 2.24) is 4.31 Å². The number of hydrogen-bond acceptors (Lipinski definition) is 4. The number of carbonyl (C=O) groups is 1. The molecule has 1 aliphatic carbocycles. The highest BCUT2D eigenvalue weighted by Gasteiger charge is 2.48. The van der Waals surface area contributed by atoms with Crippen LogP contribution in [0.2, 0.25) is 0 Å². The van der Waals surface area contributed by atoms with Gasteiger partial charge in [-0.3, -0.25) is 4.79 Å². The Morgan fingerprint density at radius 2 is 1.68 bits per heavy atom. The van der Waals surface area contributed by atoms with Gasteiger partial charge in [-0.25, -0.2) is 12.7 Å². The number of ether oxygens (including phenoxy) is 1. The topological polar surface area (TPSA) is 83.9 Å². The number of methoxy groups -OCH3 is 1. The fourth-order valence-corrected chi connectivity index (χ4v) is 5.45. The predicted octanol–water partition coefficient (Wildman–Crippen LogP) is 5.45. The smallest absolute Gasteiger partial charge is 0.313 e. The van der Waals surface area contributed by atoms with Crippen molar-refractivity contribution in [2.75, 3.05) is 26.5 Å². The van der Waals surface area contributed by atoms with Gasteiger partial charge in [0.25, 0.3) is 0 Å². The number of nitrogens with zero attached hydrogens (tertiary/aromatic N) is 1. The van der Waals surface area contributed by atoms with Crippen molar-refractivity contribution in [2.24, 2.45) is 10.8 Å². The first kappa shape index (κ1) is 27.9. The summed E-state index contributed by atoms with van der Waals surface area (Å²) in [5.74, 6) is 0.0692. The van der Waals surface area contributed by atoms with Gasteiger partial charge in [-0.15, -0.1) is 0 Å². The van der Waals surface area contributed by atoms with Gasteiger partial charge >= 0.3 is 5.97 Å². The number of benzene rings is 1. The van der Waals surface area contributed by atoms with Crippen LogP contribution in [0.1, 0.15) is 53.4 Å². The normalized spacial score (nSPS) is 20.7. The zero-order valence-electron chi connectivity index (χ0n) is 21.3. The highest BCUT2D eigenvalue weighted by molar-refractivity contribution is 7.88. The molecule has 0 atom stereocenters. The summed E-state index contributed by atoms with van der Waals surface area (Å²) in [6.45, 7) is 8.57. The van der Waals surface area contributed by atoms with Crippen molar-refractivity contribution >= 4 is 16.0 Å². The zero-order chi connectivity index (χ0) is 25.6. The number of carboxylic acid groups (broad SMARTS) is 1. The van der Waals surface area contributed by atoms with Crippen LogP contribution in [0.5, 0.6) is 5.75 Å². The van der Waals surface area contributed by atoms with Crippen molar-refractivity contribution in [3.05, 3.63) is 65.3 Å². The Bertz CT molecular complexity index is 1040. The van der Waals surface area contributed by atoms with Gasteiger partial charge in [-0.05, 0) is 68.4 Å². The van der Waals surface area contributed by atoms with E-state index in [0.29, 0.717) is 25.9 Å². The molecule has 188 valence electrons. The molecule has 1 N–H and O–H groups in total. The molecular formula is C27H39NO5S. The van der Waals surface area contributed by atoms with Crippen molar-refractivity contribution in [3.8, 4) is 5.75 Å². The van der Waals surface area contributed by atoms with Gasteiger partial charge in [-0.1, -0.05) is 50.3 Å². The second-order valence-corrected chi connectivity index (χ2v) is 11.4. The zero-order valence-corrected chi connectivity index (χ0v) is 22.1. The third kappa shape index (κ3) is 6.19. The minimum Gasteiger partial charge on any atom is -0.497 e. The van der Waals surface area contributed by atoms with E-state index < -0.39 is 21.4 Å². The molecule has 0 aromatic heterocycles. The molecular weight excluding hydrogens is 450 g/mol. The minimum atomic E-state index is -3.20. The number of piperidine rings is 1. The highest BCUT2D eigenvalue weighted by Crippen LogP contribution is 2.55. The second kappa shape index (κ2) is 11.4. The summed E-state index contributed by atoms with van der Waals surface area (Å²) >= 11 is 0. The van der Waals surface area contributed by atoms with Crippen LogP contribution >= 0.6 is 0 Å². The molecule has 0 bridgehead atoms. The number of aliphatic carboxylic acids is 1. The molecule has 2 aliphatic rings. The van der Waals surface area contributed by atoms with E-state index in [-0.39, 0.29) is 5.41 Å². The van der Waals surface area contributed by atoms with E-state index in [2.05, 4.69) is 32.1 Å². The second-order valence-electron chi connectivity index (χ2n) is 9.38. The van der Waals surface area contributed by atoms with E-state index in [1.807, 2.05) is 30.3 Å². The Hall–Kier alpha value is -2.38. The number of allylic oxidation sites excluding steroid dienone is 5. The Labute approximate surface area is 205 Å². The lowest BCUT2D eigenvalue weighted by molar-refractivity contribution is -0.144. The van der Waals surface area contributed by atoms with Crippen LogP contribution < -0.4 is 4.74 Å². The fourth-order valence-electron chi connectivity index (χ4n) is 4.61. The van der Waals surface area contributed by atoms with Crippen LogP contribution in [0.3, 0.4) is 0 Å². The first-order valence-corrected chi connectivity index (χ1v) is 13.7. The van der Waals surface area contributed by atoms with E-state index in [1.165, 1.54) is 16.1 Å². The van der Waals surface area contributed by atoms with E-state index in [0.717, 1.165) is 29.7 Å². The third-order valence-electron chi connectivity index (χ3n) is 6.62. The molecule has 0 saturated carbocycles. The molecule has 1 fully saturated rings. The molecule has 0 amide bonds. The maximum atomic E-state index is 11.9. The molecule has 0 unspecified atom stereocenters. The standard InChI is InChI=1S/C20H31NO4S.C7H8O/c1-6-8-15-16(9-7-2)20(14-17(15)19(3,4)18(22)23)10-12-21(13-11-20)26(5,24)25;1-8-7-5-3-2-4-6-7/h8-9,14H,6-7,10-13H2,1-5H3,(H,22,23);2-6H,1H3/b15-8+,16-9+;. The monoisotopic (exact) mass is 489 g/mol. The molecule has 7 heteroatoms. The van der Waals surface area contributed by atoms with Gasteiger partial charge in [0.15, 0.2) is 0 Å². The SMILES string of the molecule is CC/C=C1\C(=C/CC)C(C(C)(C)C(=O)O)=CC12CCN(S(C)(=O)=O)CC2.COc1ccccc1. The molecule has 3 rings (SSSR count). The Balaban J connectivity index is 0.000000430. The first-order chi connectivity index (χ1) is 15.9. The quantitative estimate of drug-likeness (QED) is 0.575. The number of sulfonamides is 1. The van der Waals surface area contributed by atoms with E-state index in [9.17, 15) is 18.3 Å². The van der Waals surface area contributed by atoms with Gasteiger partial charge in [0.1, 0.15) is 5.75 Å². The summed E-state index contributed by atoms with van der Waals surface area (Å²) in [5.41, 5.74) is 1.83. The molecule has 1 aromatic rings. The molecule has 34 heavy (non-hydrogen) atoms. The Morgan fingerprint density at radius 1 is 1.12 bits per heavy atom. The van der Waals surface area contributed by atoms with Crippen molar-refractivity contribution in [3.63, 3.8) is 0 Å². The average Bonchev–Trinajstić information content (AvgIpc) is 3.08. The lowest BCUT2D eigenvalue weighted by Crippen LogP contribution is -2.42. The highest BCUT2D eigenvalue weighted by atomic mass is 32.2. The summed E-state index contributed by atoms with van der Waals surface area (Å²) in [7, 11) is -1.53. The molecule has 1 aromatic carbocycles. The van der Waals surface area contributed by atoms with Gasteiger partial charge in [0.2, 0.25) is 10.0 Å². The Morgan fingerprint density at radius 3 is 2.09 bits per heavy atom. The van der Waals surface area contributed by atoms with E-state index in [1.54, 1.807) is 21.0 Å². The first-order valence-electron chi connectivity index (χ1n) is 11.8. The molecule has 1 saturated heterocycles. The van der Waals surface area contributed by atoms with Crippen molar-refractivity contribution in [2.45, 2.75) is 53.4 Å². The molecule has 1 spiro atoms. The largest absolute Gasteiger partial charge is 0.497 e. The average molecular weight is 490 g/mol. The lowest BCUT2D eigenvalue weighted by Gasteiger charge is -2.38. The van der Waals surface area contributed by atoms with Gasteiger partial charge in [0, 0.05) is 18.5 Å². The molecule has 0 radical (unpaired) electrons. The Kier molecular flexibility index (Phi) is 9.31. The van der Waals surface area contributed by atoms with Gasteiger partial charge in [-0.2, -0.15) is 0 Å². The van der Waals surface area contributed by atoms with Crippen molar-refractivity contribution < 1.29 is 23.1 Å². The van der Waals surface area contributed by atoms with Gasteiger partial charge < -0.3 is 9.84 Å². The fraction of sp³-hybridized carbons (Fsp3) is 0.519. The molecule has 1 aliphatic heterocycles. The summed E-state index contributed by atoms with van der Waals surface area (Å²) in [6, 6.07) is 9.68. The molecule has 1 heterocycles. The lowest BCUT2D eigenvalue weighted by atomic mass is 9.74. The predicted molar refractivity (Wildman–Crippen MR) is 137 cm³/mol. The number of para-hydroxylation sites is 1.